The molecule has 5 N–H and O–H groups in total. The molecule has 0 atom stereocenters. The molecule has 206 valence electrons. The second-order valence-electron chi connectivity index (χ2n) is 10.1. The van der Waals surface area contributed by atoms with Gasteiger partial charge >= 0.3 is 0 Å². The fourth-order valence-corrected chi connectivity index (χ4v) is 5.07. The highest BCUT2D eigenvalue weighted by atomic mass is 16.5. The highest BCUT2D eigenvalue weighted by molar-refractivity contribution is 6.10. The lowest BCUT2D eigenvalue weighted by Gasteiger charge is -2.25. The number of hydrogen-bond donors (Lipinski definition) is 4. The van der Waals surface area contributed by atoms with E-state index in [1.807, 2.05) is 26.3 Å². The maximum Gasteiger partial charge on any atom is 0.0594 e. The predicted molar refractivity (Wildman–Crippen MR) is 162 cm³/mol. The summed E-state index contributed by atoms with van der Waals surface area (Å²) in [4.78, 5) is 7.08. The first-order valence-electron chi connectivity index (χ1n) is 13.8. The number of nitrogens with one attached hydrogen (secondary N) is 3. The van der Waals surface area contributed by atoms with Crippen molar-refractivity contribution in [3.05, 3.63) is 70.6 Å². The molecule has 1 saturated carbocycles. The molecule has 1 saturated heterocycles. The van der Waals surface area contributed by atoms with Gasteiger partial charge in [0.2, 0.25) is 0 Å². The Bertz CT molecular complexity index is 1070. The van der Waals surface area contributed by atoms with Crippen LogP contribution in [0.15, 0.2) is 58.9 Å². The monoisotopic (exact) mass is 518 g/mol. The SMILES string of the molecule is C=C/C(Cc1cc(C(C=NCCN2CCOCC2)=CN)cc(NC2CCCC2)c1C=N)=C(C)\C=C(\C)NC. The zero-order chi connectivity index (χ0) is 27.3. The van der Waals surface area contributed by atoms with E-state index in [0.29, 0.717) is 12.5 Å². The van der Waals surface area contributed by atoms with Crippen LogP contribution < -0.4 is 16.4 Å². The number of rotatable bonds is 13. The van der Waals surface area contributed by atoms with Crippen molar-refractivity contribution in [3.8, 4) is 0 Å². The standard InChI is InChI=1S/C31H46N6O/c1-5-25(23(2)16-24(3)34-4)17-27-18-26(19-31(30(27)21-33)36-29-8-6-7-9-29)28(20-32)22-35-10-11-37-12-14-38-15-13-37/h5,16,18-22,29,33-34,36H,1,6-15,17,32H2,2-4H3/b24-16-,25-23+,28-20?,33-21?,35-22?. The predicted octanol–water partition coefficient (Wildman–Crippen LogP) is 4.91. The van der Waals surface area contributed by atoms with Gasteiger partial charge in [0, 0.05) is 73.9 Å². The molecule has 1 aromatic rings. The first-order chi connectivity index (χ1) is 18.5. The third kappa shape index (κ3) is 8.43. The molecule has 0 unspecified atom stereocenters. The van der Waals surface area contributed by atoms with E-state index in [-0.39, 0.29) is 0 Å². The summed E-state index contributed by atoms with van der Waals surface area (Å²) in [5.41, 5.74) is 14.4. The van der Waals surface area contributed by atoms with Crippen LogP contribution in [0.4, 0.5) is 5.69 Å². The number of ether oxygens (including phenoxy) is 1. The third-order valence-electron chi connectivity index (χ3n) is 7.48. The number of allylic oxidation sites excluding steroid dienone is 6. The Morgan fingerprint density at radius 1 is 1.24 bits per heavy atom. The fraction of sp³-hybridized carbons (Fsp3) is 0.484. The van der Waals surface area contributed by atoms with Crippen LogP contribution in [0.1, 0.15) is 56.2 Å². The summed E-state index contributed by atoms with van der Waals surface area (Å²) in [6, 6.07) is 4.71. The molecular weight excluding hydrogens is 472 g/mol. The highest BCUT2D eigenvalue weighted by Crippen LogP contribution is 2.31. The van der Waals surface area contributed by atoms with Gasteiger partial charge in [0.15, 0.2) is 0 Å². The van der Waals surface area contributed by atoms with Gasteiger partial charge in [0.05, 0.1) is 19.8 Å². The van der Waals surface area contributed by atoms with E-state index in [1.165, 1.54) is 19.1 Å². The molecule has 0 amide bonds. The van der Waals surface area contributed by atoms with Crippen LogP contribution in [-0.4, -0.2) is 69.8 Å². The minimum absolute atomic E-state index is 0.432. The van der Waals surface area contributed by atoms with Gasteiger partial charge in [-0.3, -0.25) is 9.89 Å². The number of anilines is 1. The van der Waals surface area contributed by atoms with Crippen molar-refractivity contribution in [2.24, 2.45) is 10.7 Å². The molecule has 3 rings (SSSR count). The zero-order valence-corrected chi connectivity index (χ0v) is 23.5. The maximum absolute atomic E-state index is 8.30. The molecule has 0 radical (unpaired) electrons. The number of benzene rings is 1. The highest BCUT2D eigenvalue weighted by Gasteiger charge is 2.19. The van der Waals surface area contributed by atoms with Crippen LogP contribution in [0.5, 0.6) is 0 Å². The molecular formula is C31H46N6O. The van der Waals surface area contributed by atoms with Gasteiger partial charge in [0.25, 0.3) is 0 Å². The summed E-state index contributed by atoms with van der Waals surface area (Å²) >= 11 is 0. The lowest BCUT2D eigenvalue weighted by molar-refractivity contribution is 0.0395. The van der Waals surface area contributed by atoms with Crippen molar-refractivity contribution < 1.29 is 4.74 Å². The fourth-order valence-electron chi connectivity index (χ4n) is 5.07. The van der Waals surface area contributed by atoms with Crippen LogP contribution in [-0.2, 0) is 11.2 Å². The Balaban J connectivity index is 1.93. The van der Waals surface area contributed by atoms with E-state index < -0.39 is 0 Å². The minimum Gasteiger partial charge on any atom is -0.404 e. The van der Waals surface area contributed by atoms with Gasteiger partial charge in [-0.2, -0.15) is 0 Å². The normalized spacial score (nSPS) is 18.5. The summed E-state index contributed by atoms with van der Waals surface area (Å²) in [6.45, 7) is 13.4. The molecule has 7 heteroatoms. The van der Waals surface area contributed by atoms with Crippen molar-refractivity contribution in [2.75, 3.05) is 51.8 Å². The average Bonchev–Trinajstić information content (AvgIpc) is 3.45. The quantitative estimate of drug-likeness (QED) is 0.220. The van der Waals surface area contributed by atoms with Crippen LogP contribution in [0, 0.1) is 5.41 Å². The molecule has 0 bridgehead atoms. The van der Waals surface area contributed by atoms with Crippen molar-refractivity contribution >= 4 is 23.7 Å². The van der Waals surface area contributed by atoms with Gasteiger partial charge in [-0.15, -0.1) is 0 Å². The van der Waals surface area contributed by atoms with E-state index in [2.05, 4.69) is 47.2 Å². The van der Waals surface area contributed by atoms with E-state index in [1.54, 1.807) is 6.20 Å². The number of nitrogens with zero attached hydrogens (tertiary/aromatic N) is 2. The van der Waals surface area contributed by atoms with Gasteiger partial charge in [-0.25, -0.2) is 0 Å². The zero-order valence-electron chi connectivity index (χ0n) is 23.5. The van der Waals surface area contributed by atoms with Crippen molar-refractivity contribution in [2.45, 2.75) is 52.0 Å². The van der Waals surface area contributed by atoms with Gasteiger partial charge in [0.1, 0.15) is 0 Å². The molecule has 2 fully saturated rings. The summed E-state index contributed by atoms with van der Waals surface area (Å²) in [5.74, 6) is 0. The van der Waals surface area contributed by atoms with Crippen molar-refractivity contribution in [1.82, 2.24) is 10.2 Å². The Labute approximate surface area is 229 Å². The van der Waals surface area contributed by atoms with Crippen molar-refractivity contribution in [3.63, 3.8) is 0 Å². The molecule has 38 heavy (non-hydrogen) atoms. The molecule has 1 aliphatic heterocycles. The Kier molecular flexibility index (Phi) is 11.8. The summed E-state index contributed by atoms with van der Waals surface area (Å²) in [7, 11) is 1.92. The first kappa shape index (κ1) is 29.4. The summed E-state index contributed by atoms with van der Waals surface area (Å²) in [5, 5.41) is 15.2. The second-order valence-corrected chi connectivity index (χ2v) is 10.1. The van der Waals surface area contributed by atoms with E-state index >= 15 is 0 Å². The third-order valence-corrected chi connectivity index (χ3v) is 7.48. The van der Waals surface area contributed by atoms with E-state index in [0.717, 1.165) is 97.0 Å². The lowest BCUT2D eigenvalue weighted by atomic mass is 9.92. The molecule has 1 aromatic carbocycles. The Hall–Kier alpha value is -3.16. The minimum atomic E-state index is 0.432. The molecule has 1 heterocycles. The van der Waals surface area contributed by atoms with Crippen LogP contribution >= 0.6 is 0 Å². The molecule has 2 aliphatic rings. The second kappa shape index (κ2) is 15.3. The largest absolute Gasteiger partial charge is 0.404 e. The molecule has 0 aromatic heterocycles. The van der Waals surface area contributed by atoms with Gasteiger partial charge in [-0.05, 0) is 73.6 Å². The van der Waals surface area contributed by atoms with Crippen LogP contribution in [0.25, 0.3) is 5.57 Å². The summed E-state index contributed by atoms with van der Waals surface area (Å²) < 4.78 is 5.44. The topological polar surface area (TPSA) is 98.8 Å². The number of hydrogen-bond acceptors (Lipinski definition) is 7. The Morgan fingerprint density at radius 2 is 1.97 bits per heavy atom. The van der Waals surface area contributed by atoms with E-state index in [4.69, 9.17) is 20.9 Å². The van der Waals surface area contributed by atoms with Crippen LogP contribution in [0.2, 0.25) is 0 Å². The maximum atomic E-state index is 8.30. The first-order valence-corrected chi connectivity index (χ1v) is 13.8. The number of morpholine rings is 1. The number of aliphatic imine (C=N–C) groups is 1. The summed E-state index contributed by atoms with van der Waals surface area (Å²) in [6.07, 6.45) is 14.5. The van der Waals surface area contributed by atoms with Gasteiger partial charge in [-0.1, -0.05) is 25.5 Å². The van der Waals surface area contributed by atoms with Gasteiger partial charge < -0.3 is 26.5 Å². The Morgan fingerprint density at radius 3 is 2.61 bits per heavy atom. The van der Waals surface area contributed by atoms with Crippen LogP contribution in [0.3, 0.4) is 0 Å². The van der Waals surface area contributed by atoms with Crippen molar-refractivity contribution in [1.29, 1.82) is 5.41 Å². The molecule has 1 aliphatic carbocycles. The lowest BCUT2D eigenvalue weighted by Crippen LogP contribution is -2.37. The molecule has 7 nitrogen and oxygen atoms in total. The smallest absolute Gasteiger partial charge is 0.0594 e. The number of nitrogens with two attached hydrogens (primary N) is 1. The molecule has 0 spiro atoms. The average molecular weight is 519 g/mol. The van der Waals surface area contributed by atoms with E-state index in [9.17, 15) is 0 Å².